The number of aromatic hydroxyl groups is 2. The second-order valence-electron chi connectivity index (χ2n) is 5.58. The number of hydrogen-bond donors (Lipinski definition) is 3. The van der Waals surface area contributed by atoms with Gasteiger partial charge in [-0.15, -0.1) is 0 Å². The van der Waals surface area contributed by atoms with Crippen molar-refractivity contribution in [3.05, 3.63) is 35.4 Å². The number of carboxylic acids is 1. The number of phenolic OH excluding ortho intramolecular Hbond substituents is 1. The Labute approximate surface area is 110 Å². The quantitative estimate of drug-likeness (QED) is 0.688. The van der Waals surface area contributed by atoms with Crippen LogP contribution in [0.3, 0.4) is 0 Å². The molecule has 0 spiro atoms. The molecule has 100 valence electrons. The minimum Gasteiger partial charge on any atom is -0.504 e. The standard InChI is InChI=1S/C15H16O4/c1-15(2,3)10-6-4-5-8-9(10)7-11(16)13(17)12(8)14(18)19/h4-7,16-17H,1-3H3,(H,18,19). The Hall–Kier alpha value is -2.23. The van der Waals surface area contributed by atoms with Crippen LogP contribution in [0, 0.1) is 0 Å². The van der Waals surface area contributed by atoms with Gasteiger partial charge in [-0.2, -0.15) is 0 Å². The van der Waals surface area contributed by atoms with Crippen molar-refractivity contribution in [1.82, 2.24) is 0 Å². The highest BCUT2D eigenvalue weighted by Gasteiger charge is 2.23. The van der Waals surface area contributed by atoms with Crippen LogP contribution in [0.2, 0.25) is 0 Å². The van der Waals surface area contributed by atoms with E-state index < -0.39 is 17.5 Å². The summed E-state index contributed by atoms with van der Waals surface area (Å²) in [6, 6.07) is 6.70. The maximum Gasteiger partial charge on any atom is 0.340 e. The second-order valence-corrected chi connectivity index (χ2v) is 5.58. The third kappa shape index (κ3) is 2.10. The van der Waals surface area contributed by atoms with E-state index in [1.54, 1.807) is 12.1 Å². The predicted octanol–water partition coefficient (Wildman–Crippen LogP) is 3.25. The zero-order chi connectivity index (χ0) is 14.4. The molecular weight excluding hydrogens is 244 g/mol. The summed E-state index contributed by atoms with van der Waals surface area (Å²) in [6.45, 7) is 6.02. The van der Waals surface area contributed by atoms with Crippen LogP contribution in [0.5, 0.6) is 11.5 Å². The molecule has 0 heterocycles. The van der Waals surface area contributed by atoms with Crippen molar-refractivity contribution in [3.8, 4) is 11.5 Å². The highest BCUT2D eigenvalue weighted by Crippen LogP contribution is 2.39. The van der Waals surface area contributed by atoms with Crippen LogP contribution in [0.25, 0.3) is 10.8 Å². The summed E-state index contributed by atoms with van der Waals surface area (Å²) in [4.78, 5) is 11.3. The minimum absolute atomic E-state index is 0.196. The Bertz CT molecular complexity index is 666. The van der Waals surface area contributed by atoms with Crippen molar-refractivity contribution in [2.75, 3.05) is 0 Å². The summed E-state index contributed by atoms with van der Waals surface area (Å²) in [7, 11) is 0. The predicted molar refractivity (Wildman–Crippen MR) is 72.9 cm³/mol. The number of rotatable bonds is 1. The smallest absolute Gasteiger partial charge is 0.340 e. The van der Waals surface area contributed by atoms with E-state index in [1.807, 2.05) is 26.8 Å². The summed E-state index contributed by atoms with van der Waals surface area (Å²) >= 11 is 0. The van der Waals surface area contributed by atoms with Gasteiger partial charge >= 0.3 is 5.97 Å². The number of aromatic carboxylic acids is 1. The van der Waals surface area contributed by atoms with Crippen LogP contribution in [0.15, 0.2) is 24.3 Å². The van der Waals surface area contributed by atoms with Gasteiger partial charge in [-0.05, 0) is 22.4 Å². The van der Waals surface area contributed by atoms with Gasteiger partial charge in [0.2, 0.25) is 0 Å². The number of carboxylic acid groups (broad SMARTS) is 1. The van der Waals surface area contributed by atoms with E-state index in [9.17, 15) is 20.1 Å². The second kappa shape index (κ2) is 4.16. The fourth-order valence-electron chi connectivity index (χ4n) is 2.27. The van der Waals surface area contributed by atoms with Gasteiger partial charge in [0.1, 0.15) is 5.56 Å². The molecule has 0 radical (unpaired) electrons. The van der Waals surface area contributed by atoms with Gasteiger partial charge in [-0.3, -0.25) is 0 Å². The normalized spacial score (nSPS) is 11.7. The van der Waals surface area contributed by atoms with E-state index in [2.05, 4.69) is 0 Å². The lowest BCUT2D eigenvalue weighted by Gasteiger charge is -2.22. The lowest BCUT2D eigenvalue weighted by Crippen LogP contribution is -2.12. The highest BCUT2D eigenvalue weighted by molar-refractivity contribution is 6.08. The van der Waals surface area contributed by atoms with E-state index >= 15 is 0 Å². The van der Waals surface area contributed by atoms with Crippen LogP contribution in [0.1, 0.15) is 36.7 Å². The number of carbonyl (C=O) groups is 1. The largest absolute Gasteiger partial charge is 0.504 e. The number of fused-ring (bicyclic) bond motifs is 1. The number of phenols is 2. The van der Waals surface area contributed by atoms with Crippen LogP contribution >= 0.6 is 0 Å². The fraction of sp³-hybridized carbons (Fsp3) is 0.267. The summed E-state index contributed by atoms with van der Waals surface area (Å²) in [5, 5.41) is 29.7. The molecule has 2 aromatic carbocycles. The van der Waals surface area contributed by atoms with E-state index in [0.717, 1.165) is 5.56 Å². The molecule has 3 N–H and O–H groups in total. The van der Waals surface area contributed by atoms with Crippen molar-refractivity contribution in [1.29, 1.82) is 0 Å². The average Bonchev–Trinajstić information content (AvgIpc) is 2.28. The molecule has 0 saturated carbocycles. The number of benzene rings is 2. The molecule has 0 atom stereocenters. The molecule has 0 aliphatic heterocycles. The topological polar surface area (TPSA) is 77.8 Å². The monoisotopic (exact) mass is 260 g/mol. The summed E-state index contributed by atoms with van der Waals surface area (Å²) in [6.07, 6.45) is 0. The van der Waals surface area contributed by atoms with E-state index in [4.69, 9.17) is 0 Å². The SMILES string of the molecule is CC(C)(C)c1cccc2c(C(=O)O)c(O)c(O)cc12. The van der Waals surface area contributed by atoms with Crippen molar-refractivity contribution in [2.24, 2.45) is 0 Å². The first-order valence-corrected chi connectivity index (χ1v) is 5.95. The van der Waals surface area contributed by atoms with Gasteiger partial charge in [0, 0.05) is 5.39 Å². The van der Waals surface area contributed by atoms with E-state index in [1.165, 1.54) is 6.07 Å². The third-order valence-corrected chi connectivity index (χ3v) is 3.16. The average molecular weight is 260 g/mol. The lowest BCUT2D eigenvalue weighted by molar-refractivity contribution is 0.0695. The van der Waals surface area contributed by atoms with Crippen LogP contribution in [-0.4, -0.2) is 21.3 Å². The fourth-order valence-corrected chi connectivity index (χ4v) is 2.27. The molecule has 0 aromatic heterocycles. The first-order chi connectivity index (χ1) is 8.73. The Balaban J connectivity index is 2.98. The van der Waals surface area contributed by atoms with Crippen LogP contribution in [0.4, 0.5) is 0 Å². The van der Waals surface area contributed by atoms with Crippen LogP contribution in [-0.2, 0) is 5.41 Å². The zero-order valence-electron chi connectivity index (χ0n) is 11.1. The third-order valence-electron chi connectivity index (χ3n) is 3.16. The van der Waals surface area contributed by atoms with Crippen molar-refractivity contribution in [2.45, 2.75) is 26.2 Å². The molecule has 19 heavy (non-hydrogen) atoms. The van der Waals surface area contributed by atoms with Gasteiger partial charge in [-0.1, -0.05) is 39.0 Å². The molecule has 2 rings (SSSR count). The molecule has 0 unspecified atom stereocenters. The molecule has 2 aromatic rings. The summed E-state index contributed by atoms with van der Waals surface area (Å²) in [5.41, 5.74) is 0.461. The Morgan fingerprint density at radius 1 is 1.11 bits per heavy atom. The minimum atomic E-state index is -1.26. The molecule has 0 aliphatic rings. The molecule has 0 fully saturated rings. The van der Waals surface area contributed by atoms with Gasteiger partial charge in [0.05, 0.1) is 0 Å². The highest BCUT2D eigenvalue weighted by atomic mass is 16.4. The molecule has 0 bridgehead atoms. The van der Waals surface area contributed by atoms with Gasteiger partial charge < -0.3 is 15.3 Å². The van der Waals surface area contributed by atoms with Crippen LogP contribution < -0.4 is 0 Å². The molecular formula is C15H16O4. The molecule has 4 nitrogen and oxygen atoms in total. The lowest BCUT2D eigenvalue weighted by atomic mass is 9.83. The van der Waals surface area contributed by atoms with Crippen molar-refractivity contribution < 1.29 is 20.1 Å². The van der Waals surface area contributed by atoms with E-state index in [-0.39, 0.29) is 11.0 Å². The van der Waals surface area contributed by atoms with Gasteiger partial charge in [0.15, 0.2) is 11.5 Å². The van der Waals surface area contributed by atoms with Gasteiger partial charge in [-0.25, -0.2) is 4.79 Å². The molecule has 0 amide bonds. The first kappa shape index (κ1) is 13.2. The molecule has 0 saturated heterocycles. The van der Waals surface area contributed by atoms with Gasteiger partial charge in [0.25, 0.3) is 0 Å². The first-order valence-electron chi connectivity index (χ1n) is 5.95. The zero-order valence-corrected chi connectivity index (χ0v) is 11.1. The van der Waals surface area contributed by atoms with Crippen molar-refractivity contribution >= 4 is 16.7 Å². The summed E-state index contributed by atoms with van der Waals surface area (Å²) in [5.74, 6) is -2.27. The van der Waals surface area contributed by atoms with E-state index in [0.29, 0.717) is 10.8 Å². The Kier molecular flexibility index (Phi) is 2.89. The Morgan fingerprint density at radius 3 is 2.26 bits per heavy atom. The number of hydrogen-bond acceptors (Lipinski definition) is 3. The molecule has 4 heteroatoms. The maximum atomic E-state index is 11.3. The maximum absolute atomic E-state index is 11.3. The Morgan fingerprint density at radius 2 is 1.74 bits per heavy atom. The van der Waals surface area contributed by atoms with Crippen molar-refractivity contribution in [3.63, 3.8) is 0 Å². The molecule has 0 aliphatic carbocycles. The summed E-state index contributed by atoms with van der Waals surface area (Å²) < 4.78 is 0.